The number of hydrogen-bond donors (Lipinski definition) is 3. The number of phenols is 3. The summed E-state index contributed by atoms with van der Waals surface area (Å²) >= 11 is 0. The summed E-state index contributed by atoms with van der Waals surface area (Å²) in [6.07, 6.45) is 0. The van der Waals surface area contributed by atoms with Gasteiger partial charge in [-0.1, -0.05) is 54.1 Å². The Hall–Kier alpha value is -3.59. The molecule has 0 atom stereocenters. The van der Waals surface area contributed by atoms with E-state index in [2.05, 4.69) is 9.97 Å². The van der Waals surface area contributed by atoms with Crippen LogP contribution in [0.2, 0.25) is 0 Å². The number of rotatable bonds is 0. The number of hydrogen-bond acceptors (Lipinski definition) is 5. The first-order valence-corrected chi connectivity index (χ1v) is 11.0. The van der Waals surface area contributed by atoms with Gasteiger partial charge in [-0.25, -0.2) is 9.97 Å². The monoisotopic (exact) mass is 481 g/mol. The number of para-hydroxylation sites is 2. The zero-order valence-corrected chi connectivity index (χ0v) is 21.9. The van der Waals surface area contributed by atoms with Gasteiger partial charge in [0.1, 0.15) is 28.3 Å². The normalized spacial score (nSPS) is 9.97. The summed E-state index contributed by atoms with van der Waals surface area (Å²) in [6.45, 7) is 9.67. The SMILES string of the molecule is Cc1cc(C)c(O)c(C)c1.Cc1ccc2cccc(O)c2n1.Cc1ccc2cccc(O)c2n1.[Al]. The predicted molar refractivity (Wildman–Crippen MR) is 144 cm³/mol. The molecule has 3 aromatic carbocycles. The summed E-state index contributed by atoms with van der Waals surface area (Å²) in [5.74, 6) is 0.915. The highest BCUT2D eigenvalue weighted by atomic mass is 27.0. The van der Waals surface area contributed by atoms with Gasteiger partial charge in [0.2, 0.25) is 0 Å². The maximum atomic E-state index is 9.43. The van der Waals surface area contributed by atoms with Crippen LogP contribution in [0.3, 0.4) is 0 Å². The van der Waals surface area contributed by atoms with Gasteiger partial charge in [-0.3, -0.25) is 0 Å². The van der Waals surface area contributed by atoms with Crippen molar-refractivity contribution in [3.63, 3.8) is 0 Å². The van der Waals surface area contributed by atoms with Crippen LogP contribution in [0.1, 0.15) is 28.1 Å². The molecule has 2 heterocycles. The molecule has 2 aromatic heterocycles. The number of aryl methyl sites for hydroxylation is 5. The number of benzene rings is 3. The number of pyridine rings is 2. The van der Waals surface area contributed by atoms with Gasteiger partial charge in [0, 0.05) is 39.5 Å². The Balaban J connectivity index is 0.000000184. The molecule has 0 bridgehead atoms. The van der Waals surface area contributed by atoms with Gasteiger partial charge in [-0.2, -0.15) is 0 Å². The lowest BCUT2D eigenvalue weighted by atomic mass is 10.1. The van der Waals surface area contributed by atoms with Crippen LogP contribution in [0, 0.1) is 34.6 Å². The van der Waals surface area contributed by atoms with Gasteiger partial charge in [0.25, 0.3) is 0 Å². The third kappa shape index (κ3) is 7.20. The zero-order chi connectivity index (χ0) is 24.8. The molecule has 5 aromatic rings. The minimum absolute atomic E-state index is 0. The maximum Gasteiger partial charge on any atom is 0.141 e. The van der Waals surface area contributed by atoms with Crippen molar-refractivity contribution in [3.05, 3.63) is 101 Å². The lowest BCUT2D eigenvalue weighted by Crippen LogP contribution is -1.82. The molecular weight excluding hydrogens is 451 g/mol. The minimum atomic E-state index is 0. The lowest BCUT2D eigenvalue weighted by Gasteiger charge is -2.03. The average molecular weight is 482 g/mol. The topological polar surface area (TPSA) is 86.5 Å². The molecule has 3 radical (unpaired) electrons. The van der Waals surface area contributed by atoms with Crippen molar-refractivity contribution in [1.29, 1.82) is 0 Å². The minimum Gasteiger partial charge on any atom is -0.507 e. The highest BCUT2D eigenvalue weighted by Gasteiger charge is 2.00. The summed E-state index contributed by atoms with van der Waals surface area (Å²) in [5, 5.41) is 30.1. The fourth-order valence-electron chi connectivity index (χ4n) is 3.63. The molecule has 0 unspecified atom stereocenters. The molecule has 35 heavy (non-hydrogen) atoms. The number of fused-ring (bicyclic) bond motifs is 2. The van der Waals surface area contributed by atoms with E-state index in [1.165, 1.54) is 5.56 Å². The largest absolute Gasteiger partial charge is 0.507 e. The van der Waals surface area contributed by atoms with Gasteiger partial charge in [0.15, 0.2) is 0 Å². The number of aromatic hydroxyl groups is 3. The molecule has 0 aliphatic heterocycles. The molecular formula is C29H30AlN2O3. The third-order valence-corrected chi connectivity index (χ3v) is 5.31. The second kappa shape index (κ2) is 12.2. The zero-order valence-electron chi connectivity index (χ0n) is 20.7. The van der Waals surface area contributed by atoms with Gasteiger partial charge < -0.3 is 15.3 Å². The average Bonchev–Trinajstić information content (AvgIpc) is 2.79. The fourth-order valence-corrected chi connectivity index (χ4v) is 3.63. The maximum absolute atomic E-state index is 9.43. The van der Waals surface area contributed by atoms with E-state index in [4.69, 9.17) is 0 Å². The van der Waals surface area contributed by atoms with Crippen molar-refractivity contribution < 1.29 is 15.3 Å². The summed E-state index contributed by atoms with van der Waals surface area (Å²) in [5.41, 5.74) is 6.31. The third-order valence-electron chi connectivity index (χ3n) is 5.31. The van der Waals surface area contributed by atoms with Crippen LogP contribution in [0.15, 0.2) is 72.8 Å². The highest BCUT2D eigenvalue weighted by molar-refractivity contribution is 5.84. The summed E-state index contributed by atoms with van der Waals surface area (Å²) in [6, 6.07) is 22.5. The second-order valence-electron chi connectivity index (χ2n) is 8.35. The first-order chi connectivity index (χ1) is 16.2. The van der Waals surface area contributed by atoms with Crippen molar-refractivity contribution in [3.8, 4) is 17.2 Å². The predicted octanol–water partition coefficient (Wildman–Crippen LogP) is 6.43. The van der Waals surface area contributed by atoms with E-state index < -0.39 is 0 Å². The van der Waals surface area contributed by atoms with Crippen LogP contribution in [0.4, 0.5) is 0 Å². The number of phenolic OH excluding ortho intramolecular Hbond substituents is 3. The molecule has 5 rings (SSSR count). The number of aromatic nitrogens is 2. The first kappa shape index (κ1) is 27.7. The van der Waals surface area contributed by atoms with E-state index in [0.29, 0.717) is 16.8 Å². The summed E-state index contributed by atoms with van der Waals surface area (Å²) in [7, 11) is 0. The van der Waals surface area contributed by atoms with Crippen LogP contribution < -0.4 is 0 Å². The molecule has 0 amide bonds. The van der Waals surface area contributed by atoms with Crippen LogP contribution in [-0.2, 0) is 0 Å². The van der Waals surface area contributed by atoms with Crippen LogP contribution >= 0.6 is 0 Å². The Morgan fingerprint density at radius 1 is 0.543 bits per heavy atom. The Morgan fingerprint density at radius 3 is 1.34 bits per heavy atom. The molecule has 6 heteroatoms. The molecule has 0 aliphatic carbocycles. The molecule has 5 nitrogen and oxygen atoms in total. The van der Waals surface area contributed by atoms with Gasteiger partial charge in [-0.05, 0) is 70.0 Å². The molecule has 0 fully saturated rings. The lowest BCUT2D eigenvalue weighted by molar-refractivity contribution is 0.466. The Bertz CT molecular complexity index is 1350. The van der Waals surface area contributed by atoms with Crippen LogP contribution in [0.5, 0.6) is 17.2 Å². The Kier molecular flexibility index (Phi) is 9.65. The second-order valence-corrected chi connectivity index (χ2v) is 8.35. The molecule has 0 aliphatic rings. The molecule has 0 saturated heterocycles. The number of nitrogens with zero attached hydrogens (tertiary/aromatic N) is 2. The van der Waals surface area contributed by atoms with E-state index in [1.54, 1.807) is 12.1 Å². The van der Waals surface area contributed by atoms with Crippen molar-refractivity contribution in [2.75, 3.05) is 0 Å². The van der Waals surface area contributed by atoms with Crippen molar-refractivity contribution in [2.24, 2.45) is 0 Å². The molecule has 0 spiro atoms. The van der Waals surface area contributed by atoms with E-state index in [9.17, 15) is 15.3 Å². The van der Waals surface area contributed by atoms with Crippen molar-refractivity contribution in [2.45, 2.75) is 34.6 Å². The van der Waals surface area contributed by atoms with Crippen LogP contribution in [0.25, 0.3) is 21.8 Å². The van der Waals surface area contributed by atoms with Gasteiger partial charge in [0.05, 0.1) is 0 Å². The molecule has 3 N–H and O–H groups in total. The van der Waals surface area contributed by atoms with Crippen LogP contribution in [-0.4, -0.2) is 42.6 Å². The smallest absolute Gasteiger partial charge is 0.141 e. The molecule has 0 saturated carbocycles. The summed E-state index contributed by atoms with van der Waals surface area (Å²) < 4.78 is 0. The van der Waals surface area contributed by atoms with E-state index >= 15 is 0 Å². The van der Waals surface area contributed by atoms with E-state index in [0.717, 1.165) is 33.3 Å². The highest BCUT2D eigenvalue weighted by Crippen LogP contribution is 2.23. The van der Waals surface area contributed by atoms with Crippen molar-refractivity contribution >= 4 is 39.2 Å². The van der Waals surface area contributed by atoms with E-state index in [-0.39, 0.29) is 28.9 Å². The van der Waals surface area contributed by atoms with E-state index in [1.807, 2.05) is 95.3 Å². The standard InChI is InChI=1S/2C10H9NO.C9H12O.Al/c2*1-7-5-6-8-3-2-4-9(12)10(8)11-7;1-6-4-7(2)9(10)8(3)5-6;/h2*2-6,12H,1H3;4-5,10H,1-3H3;. The van der Waals surface area contributed by atoms with Gasteiger partial charge >= 0.3 is 0 Å². The molecule has 177 valence electrons. The summed E-state index contributed by atoms with van der Waals surface area (Å²) in [4.78, 5) is 8.45. The Morgan fingerprint density at radius 2 is 0.943 bits per heavy atom. The first-order valence-electron chi connectivity index (χ1n) is 11.0. The fraction of sp³-hybridized carbons (Fsp3) is 0.172. The van der Waals surface area contributed by atoms with Crippen molar-refractivity contribution in [1.82, 2.24) is 9.97 Å². The Labute approximate surface area is 216 Å². The van der Waals surface area contributed by atoms with Gasteiger partial charge in [-0.15, -0.1) is 0 Å². The quantitative estimate of drug-likeness (QED) is 0.222.